The molecule has 0 aliphatic heterocycles. The quantitative estimate of drug-likeness (QED) is 0.593. The Bertz CT molecular complexity index is 914. The molecule has 6 nitrogen and oxygen atoms in total. The van der Waals surface area contributed by atoms with Gasteiger partial charge in [-0.05, 0) is 42.7 Å². The zero-order valence-electron chi connectivity index (χ0n) is 15.5. The first-order chi connectivity index (χ1) is 13.2. The molecular formula is C21H23NO5. The third-order valence-corrected chi connectivity index (χ3v) is 4.08. The summed E-state index contributed by atoms with van der Waals surface area (Å²) in [6.45, 7) is 4.60. The summed E-state index contributed by atoms with van der Waals surface area (Å²) in [7, 11) is 0. The van der Waals surface area contributed by atoms with Crippen LogP contribution >= 0.6 is 0 Å². The summed E-state index contributed by atoms with van der Waals surface area (Å²) in [5, 5.41) is 10.1. The van der Waals surface area contributed by atoms with Gasteiger partial charge in [-0.1, -0.05) is 31.2 Å². The minimum Gasteiger partial charge on any atom is -0.494 e. The summed E-state index contributed by atoms with van der Waals surface area (Å²) >= 11 is 0. The maximum absolute atomic E-state index is 11.9. The molecule has 142 valence electrons. The molecule has 27 heavy (non-hydrogen) atoms. The molecule has 0 radical (unpaired) electrons. The van der Waals surface area contributed by atoms with Crippen molar-refractivity contribution in [2.75, 3.05) is 13.2 Å². The first-order valence-electron chi connectivity index (χ1n) is 8.99. The van der Waals surface area contributed by atoms with Crippen LogP contribution in [0.1, 0.15) is 25.8 Å². The standard InChI is InChI=1S/C21H23NO5/c1-3-11-26-16-9-10-18-17(12-16)19(15-7-5-14(13-23)6-8-15)20(22-18)27-21(24)25-4-2/h5-10,12,22-23H,3-4,11,13H2,1-2H3. The number of aromatic nitrogens is 1. The first kappa shape index (κ1) is 18.8. The third-order valence-electron chi connectivity index (χ3n) is 4.08. The van der Waals surface area contributed by atoms with Crippen molar-refractivity contribution in [1.29, 1.82) is 0 Å². The second-order valence-electron chi connectivity index (χ2n) is 6.03. The van der Waals surface area contributed by atoms with Gasteiger partial charge in [0.15, 0.2) is 0 Å². The Kier molecular flexibility index (Phi) is 5.98. The molecule has 0 unspecified atom stereocenters. The Morgan fingerprint density at radius 3 is 2.56 bits per heavy atom. The molecule has 0 saturated carbocycles. The Labute approximate surface area is 157 Å². The third kappa shape index (κ3) is 4.23. The lowest BCUT2D eigenvalue weighted by molar-refractivity contribution is 0.103. The van der Waals surface area contributed by atoms with Gasteiger partial charge >= 0.3 is 6.16 Å². The Balaban J connectivity index is 2.09. The van der Waals surface area contributed by atoms with Gasteiger partial charge in [0.1, 0.15) is 5.75 Å². The van der Waals surface area contributed by atoms with Gasteiger partial charge in [-0.3, -0.25) is 0 Å². The number of fused-ring (bicyclic) bond motifs is 1. The SMILES string of the molecule is CCCOc1ccc2[nH]c(OC(=O)OCC)c(-c3ccc(CO)cc3)c2c1. The van der Waals surface area contributed by atoms with Crippen molar-refractivity contribution in [2.45, 2.75) is 26.9 Å². The summed E-state index contributed by atoms with van der Waals surface area (Å²) in [4.78, 5) is 15.0. The first-order valence-corrected chi connectivity index (χ1v) is 8.99. The van der Waals surface area contributed by atoms with Crippen LogP contribution in [0.2, 0.25) is 0 Å². The summed E-state index contributed by atoms with van der Waals surface area (Å²) in [6, 6.07) is 13.1. The number of aromatic amines is 1. The molecule has 1 aromatic heterocycles. The largest absolute Gasteiger partial charge is 0.515 e. The van der Waals surface area contributed by atoms with E-state index >= 15 is 0 Å². The number of aliphatic hydroxyl groups excluding tert-OH is 1. The second kappa shape index (κ2) is 8.60. The molecule has 0 saturated heterocycles. The molecule has 0 bridgehead atoms. The van der Waals surface area contributed by atoms with E-state index in [2.05, 4.69) is 4.98 Å². The minimum absolute atomic E-state index is 0.0324. The lowest BCUT2D eigenvalue weighted by atomic mass is 10.0. The molecule has 0 atom stereocenters. The van der Waals surface area contributed by atoms with E-state index < -0.39 is 6.16 Å². The van der Waals surface area contributed by atoms with Gasteiger partial charge in [0.2, 0.25) is 5.88 Å². The van der Waals surface area contributed by atoms with E-state index in [0.717, 1.165) is 39.8 Å². The molecule has 6 heteroatoms. The fourth-order valence-corrected chi connectivity index (χ4v) is 2.83. The van der Waals surface area contributed by atoms with Crippen LogP contribution in [0.15, 0.2) is 42.5 Å². The number of carbonyl (C=O) groups excluding carboxylic acids is 1. The average Bonchev–Trinajstić information content (AvgIpc) is 3.03. The van der Waals surface area contributed by atoms with E-state index in [0.29, 0.717) is 12.5 Å². The number of benzene rings is 2. The molecular weight excluding hydrogens is 346 g/mol. The van der Waals surface area contributed by atoms with Crippen LogP contribution in [0.3, 0.4) is 0 Å². The molecule has 0 fully saturated rings. The van der Waals surface area contributed by atoms with Crippen molar-refractivity contribution < 1.29 is 24.1 Å². The van der Waals surface area contributed by atoms with Gasteiger partial charge in [0.05, 0.1) is 25.4 Å². The van der Waals surface area contributed by atoms with E-state index in [-0.39, 0.29) is 13.2 Å². The van der Waals surface area contributed by atoms with E-state index in [1.165, 1.54) is 0 Å². The lowest BCUT2D eigenvalue weighted by Crippen LogP contribution is -2.10. The van der Waals surface area contributed by atoms with Crippen LogP contribution in [0, 0.1) is 0 Å². The molecule has 2 N–H and O–H groups in total. The number of aliphatic hydroxyl groups is 1. The van der Waals surface area contributed by atoms with Crippen molar-refractivity contribution in [1.82, 2.24) is 4.98 Å². The normalized spacial score (nSPS) is 10.8. The van der Waals surface area contributed by atoms with Crippen molar-refractivity contribution in [3.8, 4) is 22.8 Å². The van der Waals surface area contributed by atoms with E-state index in [1.54, 1.807) is 6.92 Å². The van der Waals surface area contributed by atoms with Gasteiger partial charge in [-0.15, -0.1) is 0 Å². The zero-order chi connectivity index (χ0) is 19.2. The monoisotopic (exact) mass is 369 g/mol. The number of rotatable bonds is 7. The van der Waals surface area contributed by atoms with Crippen molar-refractivity contribution in [2.24, 2.45) is 0 Å². The van der Waals surface area contributed by atoms with Crippen LogP contribution in [0.5, 0.6) is 11.6 Å². The Hall–Kier alpha value is -2.99. The summed E-state index contributed by atoms with van der Waals surface area (Å²) in [5.74, 6) is 1.06. The highest BCUT2D eigenvalue weighted by atomic mass is 16.7. The van der Waals surface area contributed by atoms with Gasteiger partial charge < -0.3 is 24.3 Å². The smallest absolute Gasteiger partial charge is 0.494 e. The van der Waals surface area contributed by atoms with Gasteiger partial charge in [-0.25, -0.2) is 4.79 Å². The predicted molar refractivity (Wildman–Crippen MR) is 103 cm³/mol. The topological polar surface area (TPSA) is 80.8 Å². The van der Waals surface area contributed by atoms with Gasteiger partial charge in [-0.2, -0.15) is 0 Å². The van der Waals surface area contributed by atoms with Crippen molar-refractivity contribution in [3.63, 3.8) is 0 Å². The average molecular weight is 369 g/mol. The zero-order valence-corrected chi connectivity index (χ0v) is 15.5. The summed E-state index contributed by atoms with van der Waals surface area (Å²) in [5.41, 5.74) is 3.22. The summed E-state index contributed by atoms with van der Waals surface area (Å²) in [6.07, 6.45) is 0.150. The fraction of sp³-hybridized carbons (Fsp3) is 0.286. The predicted octanol–water partition coefficient (Wildman–Crippen LogP) is 4.65. The molecule has 0 aliphatic carbocycles. The molecule has 3 rings (SSSR count). The van der Waals surface area contributed by atoms with E-state index in [9.17, 15) is 9.90 Å². The molecule has 0 spiro atoms. The van der Waals surface area contributed by atoms with Crippen LogP contribution in [-0.4, -0.2) is 29.5 Å². The Morgan fingerprint density at radius 1 is 1.11 bits per heavy atom. The lowest BCUT2D eigenvalue weighted by Gasteiger charge is -2.08. The van der Waals surface area contributed by atoms with Gasteiger partial charge in [0, 0.05) is 10.9 Å². The maximum Gasteiger partial charge on any atom is 0.515 e. The highest BCUT2D eigenvalue weighted by Gasteiger charge is 2.19. The number of ether oxygens (including phenoxy) is 3. The highest BCUT2D eigenvalue weighted by Crippen LogP contribution is 2.39. The molecule has 0 aliphatic rings. The highest BCUT2D eigenvalue weighted by molar-refractivity contribution is 6.00. The van der Waals surface area contributed by atoms with Crippen LogP contribution in [-0.2, 0) is 11.3 Å². The molecule has 1 heterocycles. The number of nitrogens with one attached hydrogen (secondary N) is 1. The van der Waals surface area contributed by atoms with Crippen LogP contribution in [0.4, 0.5) is 4.79 Å². The molecule has 3 aromatic rings. The molecule has 0 amide bonds. The second-order valence-corrected chi connectivity index (χ2v) is 6.03. The van der Waals surface area contributed by atoms with E-state index in [1.807, 2.05) is 49.4 Å². The number of hydrogen-bond donors (Lipinski definition) is 2. The number of H-pyrrole nitrogens is 1. The van der Waals surface area contributed by atoms with Gasteiger partial charge in [0.25, 0.3) is 0 Å². The maximum atomic E-state index is 11.9. The Morgan fingerprint density at radius 2 is 1.89 bits per heavy atom. The van der Waals surface area contributed by atoms with Crippen LogP contribution < -0.4 is 9.47 Å². The number of hydrogen-bond acceptors (Lipinski definition) is 5. The summed E-state index contributed by atoms with van der Waals surface area (Å²) < 4.78 is 16.0. The molecule has 2 aromatic carbocycles. The van der Waals surface area contributed by atoms with Crippen molar-refractivity contribution >= 4 is 17.1 Å². The van der Waals surface area contributed by atoms with E-state index in [4.69, 9.17) is 14.2 Å². The minimum atomic E-state index is -0.764. The van der Waals surface area contributed by atoms with Crippen LogP contribution in [0.25, 0.3) is 22.0 Å². The number of carbonyl (C=O) groups is 1. The fourth-order valence-electron chi connectivity index (χ4n) is 2.83. The van der Waals surface area contributed by atoms with Crippen molar-refractivity contribution in [3.05, 3.63) is 48.0 Å².